The molecule has 1 aromatic heterocycles. The van der Waals surface area contributed by atoms with Gasteiger partial charge < -0.3 is 14.5 Å². The highest BCUT2D eigenvalue weighted by atomic mass is 16.5. The van der Waals surface area contributed by atoms with Gasteiger partial charge in [0.2, 0.25) is 0 Å². The van der Waals surface area contributed by atoms with Gasteiger partial charge in [0.25, 0.3) is 0 Å². The van der Waals surface area contributed by atoms with E-state index in [-0.39, 0.29) is 12.5 Å². The normalized spacial score (nSPS) is 10.4. The second-order valence-electron chi connectivity index (χ2n) is 3.38. The Labute approximate surface area is 96.6 Å². The minimum atomic E-state index is -0.498. The first-order valence-corrected chi connectivity index (χ1v) is 5.21. The maximum Gasteiger partial charge on any atom is 0.417 e. The van der Waals surface area contributed by atoms with Crippen LogP contribution in [0.1, 0.15) is 6.92 Å². The molecule has 0 spiro atoms. The highest BCUT2D eigenvalue weighted by Crippen LogP contribution is 2.15. The van der Waals surface area contributed by atoms with Gasteiger partial charge in [-0.25, -0.2) is 4.79 Å². The van der Waals surface area contributed by atoms with Gasteiger partial charge in [-0.15, -0.1) is 0 Å². The molecule has 90 valence electrons. The molecule has 0 bridgehead atoms. The molecule has 0 aliphatic heterocycles. The number of carbonyl (C=O) groups is 1. The number of oxazole rings is 1. The molecule has 2 rings (SSSR count). The maximum atomic E-state index is 11.1. The zero-order chi connectivity index (χ0) is 12.3. The van der Waals surface area contributed by atoms with Crippen molar-refractivity contribution in [3.63, 3.8) is 0 Å². The molecule has 6 nitrogen and oxygen atoms in total. The highest BCUT2D eigenvalue weighted by molar-refractivity contribution is 5.79. The Balaban J connectivity index is 2.08. The molecule has 0 aliphatic rings. The van der Waals surface area contributed by atoms with Crippen LogP contribution < -0.4 is 11.1 Å². The fourth-order valence-corrected chi connectivity index (χ4v) is 1.44. The molecule has 0 amide bonds. The van der Waals surface area contributed by atoms with Crippen molar-refractivity contribution in [3.8, 4) is 0 Å². The second kappa shape index (κ2) is 4.73. The van der Waals surface area contributed by atoms with E-state index in [1.54, 1.807) is 25.1 Å². The number of anilines is 1. The van der Waals surface area contributed by atoms with Crippen LogP contribution in [0.4, 0.5) is 5.69 Å². The molecular weight excluding hydrogens is 224 g/mol. The van der Waals surface area contributed by atoms with Gasteiger partial charge in [0, 0.05) is 11.8 Å². The van der Waals surface area contributed by atoms with Gasteiger partial charge in [0.15, 0.2) is 5.58 Å². The van der Waals surface area contributed by atoms with Crippen molar-refractivity contribution in [1.29, 1.82) is 0 Å². The summed E-state index contributed by atoms with van der Waals surface area (Å²) in [6.45, 7) is 2.18. The molecule has 0 unspecified atom stereocenters. The molecule has 6 heteroatoms. The number of H-pyrrole nitrogens is 1. The third-order valence-electron chi connectivity index (χ3n) is 2.16. The highest BCUT2D eigenvalue weighted by Gasteiger charge is 2.04. The third kappa shape index (κ3) is 2.66. The van der Waals surface area contributed by atoms with Crippen LogP contribution in [-0.2, 0) is 9.53 Å². The van der Waals surface area contributed by atoms with Gasteiger partial charge in [-0.2, -0.15) is 0 Å². The van der Waals surface area contributed by atoms with E-state index in [2.05, 4.69) is 10.3 Å². The lowest BCUT2D eigenvalue weighted by Gasteiger charge is -2.05. The molecule has 0 saturated heterocycles. The largest absolute Gasteiger partial charge is 0.465 e. The Morgan fingerprint density at radius 3 is 3.12 bits per heavy atom. The number of rotatable bonds is 4. The molecule has 0 radical (unpaired) electrons. The molecule has 2 N–H and O–H groups in total. The van der Waals surface area contributed by atoms with Gasteiger partial charge in [0.1, 0.15) is 6.54 Å². The Morgan fingerprint density at radius 1 is 1.53 bits per heavy atom. The summed E-state index contributed by atoms with van der Waals surface area (Å²) in [5.74, 6) is -0.828. The van der Waals surface area contributed by atoms with Gasteiger partial charge in [-0.3, -0.25) is 9.78 Å². The van der Waals surface area contributed by atoms with Crippen molar-refractivity contribution < 1.29 is 13.9 Å². The SMILES string of the molecule is CCOC(=O)CNc1ccc2[nH]c(=O)oc2c1. The Bertz CT molecular complexity index is 584. The Hall–Kier alpha value is -2.24. The van der Waals surface area contributed by atoms with Crippen LogP contribution in [0.15, 0.2) is 27.4 Å². The smallest absolute Gasteiger partial charge is 0.417 e. The first kappa shape index (κ1) is 11.3. The number of ether oxygens (including phenoxy) is 1. The summed E-state index contributed by atoms with van der Waals surface area (Å²) in [5.41, 5.74) is 1.76. The summed E-state index contributed by atoms with van der Waals surface area (Å²) in [6, 6.07) is 5.09. The molecule has 0 aliphatic carbocycles. The van der Waals surface area contributed by atoms with Crippen molar-refractivity contribution in [2.24, 2.45) is 0 Å². The van der Waals surface area contributed by atoms with E-state index in [0.29, 0.717) is 23.4 Å². The number of carbonyl (C=O) groups excluding carboxylic acids is 1. The Kier molecular flexibility index (Phi) is 3.13. The first-order valence-electron chi connectivity index (χ1n) is 5.21. The number of aromatic nitrogens is 1. The van der Waals surface area contributed by atoms with Crippen LogP contribution in [0, 0.1) is 0 Å². The van der Waals surface area contributed by atoms with E-state index in [1.165, 1.54) is 0 Å². The van der Waals surface area contributed by atoms with E-state index >= 15 is 0 Å². The molecule has 2 aromatic rings. The van der Waals surface area contributed by atoms with Crippen molar-refractivity contribution in [1.82, 2.24) is 4.98 Å². The van der Waals surface area contributed by atoms with Crippen LogP contribution in [0.25, 0.3) is 11.1 Å². The molecule has 17 heavy (non-hydrogen) atoms. The van der Waals surface area contributed by atoms with Gasteiger partial charge >= 0.3 is 11.7 Å². The number of aromatic amines is 1. The van der Waals surface area contributed by atoms with Crippen molar-refractivity contribution in [2.75, 3.05) is 18.5 Å². The van der Waals surface area contributed by atoms with Crippen molar-refractivity contribution >= 4 is 22.8 Å². The lowest BCUT2D eigenvalue weighted by molar-refractivity contribution is -0.140. The third-order valence-corrected chi connectivity index (χ3v) is 2.16. The number of esters is 1. The summed E-state index contributed by atoms with van der Waals surface area (Å²) in [6.07, 6.45) is 0. The first-order chi connectivity index (χ1) is 8.19. The minimum absolute atomic E-state index is 0.0774. The predicted molar refractivity (Wildman–Crippen MR) is 62.0 cm³/mol. The van der Waals surface area contributed by atoms with Crippen LogP contribution in [0.2, 0.25) is 0 Å². The van der Waals surface area contributed by atoms with Gasteiger partial charge in [-0.1, -0.05) is 0 Å². The van der Waals surface area contributed by atoms with E-state index in [9.17, 15) is 9.59 Å². The molecule has 1 aromatic carbocycles. The minimum Gasteiger partial charge on any atom is -0.465 e. The van der Waals surface area contributed by atoms with Crippen LogP contribution >= 0.6 is 0 Å². The number of hydrogen-bond acceptors (Lipinski definition) is 5. The van der Waals surface area contributed by atoms with Gasteiger partial charge in [0.05, 0.1) is 12.1 Å². The lowest BCUT2D eigenvalue weighted by Crippen LogP contribution is -2.16. The quantitative estimate of drug-likeness (QED) is 0.776. The van der Waals surface area contributed by atoms with E-state index in [4.69, 9.17) is 9.15 Å². The molecule has 0 saturated carbocycles. The van der Waals surface area contributed by atoms with Crippen molar-refractivity contribution in [3.05, 3.63) is 28.7 Å². The number of fused-ring (bicyclic) bond motifs is 1. The second-order valence-corrected chi connectivity index (χ2v) is 3.38. The van der Waals surface area contributed by atoms with Crippen LogP contribution in [0.5, 0.6) is 0 Å². The zero-order valence-corrected chi connectivity index (χ0v) is 9.28. The fourth-order valence-electron chi connectivity index (χ4n) is 1.44. The zero-order valence-electron chi connectivity index (χ0n) is 9.28. The standard InChI is InChI=1S/C11H12N2O4/c1-2-16-10(14)6-12-7-3-4-8-9(5-7)17-11(15)13-8/h3-5,12H,2,6H2,1H3,(H,13,15). The summed E-state index contributed by atoms with van der Waals surface area (Å²) >= 11 is 0. The lowest BCUT2D eigenvalue weighted by atomic mass is 10.3. The Morgan fingerprint density at radius 2 is 2.35 bits per heavy atom. The number of benzene rings is 1. The van der Waals surface area contributed by atoms with Crippen LogP contribution in [0.3, 0.4) is 0 Å². The predicted octanol–water partition coefficient (Wildman–Crippen LogP) is 1.10. The van der Waals surface area contributed by atoms with Gasteiger partial charge in [-0.05, 0) is 19.1 Å². The maximum absolute atomic E-state index is 11.1. The molecule has 1 heterocycles. The monoisotopic (exact) mass is 236 g/mol. The van der Waals surface area contributed by atoms with Crippen LogP contribution in [-0.4, -0.2) is 24.1 Å². The summed E-state index contributed by atoms with van der Waals surface area (Å²) < 4.78 is 9.67. The molecule has 0 atom stereocenters. The van der Waals surface area contributed by atoms with E-state index < -0.39 is 5.76 Å². The molecule has 0 fully saturated rings. The van der Waals surface area contributed by atoms with Crippen molar-refractivity contribution in [2.45, 2.75) is 6.92 Å². The topological polar surface area (TPSA) is 84.3 Å². The fraction of sp³-hybridized carbons (Fsp3) is 0.273. The summed E-state index contributed by atoms with van der Waals surface area (Å²) in [7, 11) is 0. The number of hydrogen-bond donors (Lipinski definition) is 2. The summed E-state index contributed by atoms with van der Waals surface area (Å²) in [4.78, 5) is 24.6. The number of nitrogens with one attached hydrogen (secondary N) is 2. The van der Waals surface area contributed by atoms with E-state index in [1.807, 2.05) is 0 Å². The average molecular weight is 236 g/mol. The average Bonchev–Trinajstić information content (AvgIpc) is 2.66. The molecular formula is C11H12N2O4. The summed E-state index contributed by atoms with van der Waals surface area (Å²) in [5, 5.41) is 2.88. The van der Waals surface area contributed by atoms with E-state index in [0.717, 1.165) is 0 Å².